The second-order valence-corrected chi connectivity index (χ2v) is 5.40. The molecule has 0 amide bonds. The van der Waals surface area contributed by atoms with Crippen molar-refractivity contribution in [1.29, 1.82) is 0 Å². The fraction of sp³-hybridized carbons (Fsp3) is 0.385. The van der Waals surface area contributed by atoms with E-state index in [1.54, 1.807) is 0 Å². The first-order valence-corrected chi connectivity index (χ1v) is 6.24. The number of nitrogens with one attached hydrogen (secondary N) is 1. The molecular weight excluding hydrogens is 250 g/mol. The van der Waals surface area contributed by atoms with Crippen molar-refractivity contribution in [2.75, 3.05) is 0 Å². The highest BCUT2D eigenvalue weighted by atomic mass is 79.9. The number of halogens is 1. The minimum atomic E-state index is 0.771. The Morgan fingerprint density at radius 2 is 1.87 bits per heavy atom. The normalized spacial score (nSPS) is 16.2. The number of fused-ring (bicyclic) bond motifs is 1. The first-order valence-electron chi connectivity index (χ1n) is 5.45. The van der Waals surface area contributed by atoms with Gasteiger partial charge in [-0.1, -0.05) is 0 Å². The van der Waals surface area contributed by atoms with Crippen LogP contribution in [0.2, 0.25) is 0 Å². The summed E-state index contributed by atoms with van der Waals surface area (Å²) in [7, 11) is 0. The Morgan fingerprint density at radius 3 is 2.53 bits per heavy atom. The molecular formula is C13H14BrN. The molecule has 0 radical (unpaired) electrons. The minimum Gasteiger partial charge on any atom is -0.357 e. The van der Waals surface area contributed by atoms with Crippen molar-refractivity contribution in [3.8, 4) is 0 Å². The van der Waals surface area contributed by atoms with E-state index in [2.05, 4.69) is 46.9 Å². The van der Waals surface area contributed by atoms with Crippen molar-refractivity contribution >= 4 is 26.8 Å². The summed E-state index contributed by atoms with van der Waals surface area (Å²) in [5.41, 5.74) is 5.39. The lowest BCUT2D eigenvalue weighted by Gasteiger charge is -1.99. The summed E-state index contributed by atoms with van der Waals surface area (Å²) in [4.78, 5) is 3.55. The van der Waals surface area contributed by atoms with Crippen molar-refractivity contribution in [2.24, 2.45) is 0 Å². The van der Waals surface area contributed by atoms with E-state index in [-0.39, 0.29) is 0 Å². The standard InChI is InChI=1S/C13H14BrN/c1-7-5-10-11(6-8(7)2)15-13(12(10)14)9-3-4-9/h5-6,9,15H,3-4H2,1-2H3. The zero-order valence-electron chi connectivity index (χ0n) is 9.02. The Kier molecular flexibility index (Phi) is 1.96. The summed E-state index contributed by atoms with van der Waals surface area (Å²) in [5.74, 6) is 0.771. The van der Waals surface area contributed by atoms with E-state index < -0.39 is 0 Å². The number of hydrogen-bond acceptors (Lipinski definition) is 0. The topological polar surface area (TPSA) is 15.8 Å². The molecule has 0 unspecified atom stereocenters. The molecule has 0 aliphatic heterocycles. The number of aromatic amines is 1. The Morgan fingerprint density at radius 1 is 1.20 bits per heavy atom. The predicted octanol–water partition coefficient (Wildman–Crippen LogP) is 4.42. The third-order valence-electron chi connectivity index (χ3n) is 3.36. The number of aryl methyl sites for hydroxylation is 2. The van der Waals surface area contributed by atoms with Crippen LogP contribution in [0.3, 0.4) is 0 Å². The lowest BCUT2D eigenvalue weighted by Crippen LogP contribution is -1.79. The number of rotatable bonds is 1. The third-order valence-corrected chi connectivity index (χ3v) is 4.22. The number of benzene rings is 1. The van der Waals surface area contributed by atoms with Crippen LogP contribution in [0.15, 0.2) is 16.6 Å². The average Bonchev–Trinajstić information content (AvgIpc) is 2.98. The monoisotopic (exact) mass is 263 g/mol. The maximum atomic E-state index is 3.72. The van der Waals surface area contributed by atoms with Gasteiger partial charge in [0.25, 0.3) is 0 Å². The molecule has 3 rings (SSSR count). The van der Waals surface area contributed by atoms with Crippen molar-refractivity contribution in [2.45, 2.75) is 32.6 Å². The number of hydrogen-bond donors (Lipinski definition) is 1. The van der Waals surface area contributed by atoms with Crippen molar-refractivity contribution in [3.63, 3.8) is 0 Å². The van der Waals surface area contributed by atoms with Gasteiger partial charge in [-0.3, -0.25) is 0 Å². The van der Waals surface area contributed by atoms with Gasteiger partial charge in [-0.15, -0.1) is 0 Å². The van der Waals surface area contributed by atoms with Crippen LogP contribution in [-0.2, 0) is 0 Å². The quantitative estimate of drug-likeness (QED) is 0.784. The lowest BCUT2D eigenvalue weighted by molar-refractivity contribution is 1.05. The van der Waals surface area contributed by atoms with Crippen molar-refractivity contribution in [3.05, 3.63) is 33.4 Å². The van der Waals surface area contributed by atoms with E-state index in [0.717, 1.165) is 5.92 Å². The zero-order valence-corrected chi connectivity index (χ0v) is 10.6. The van der Waals surface area contributed by atoms with Gasteiger partial charge >= 0.3 is 0 Å². The molecule has 0 atom stereocenters. The second kappa shape index (κ2) is 3.11. The first kappa shape index (κ1) is 9.46. The maximum absolute atomic E-state index is 3.72. The van der Waals surface area contributed by atoms with Crippen LogP contribution < -0.4 is 0 Å². The smallest absolute Gasteiger partial charge is 0.0470 e. The lowest BCUT2D eigenvalue weighted by atomic mass is 10.1. The summed E-state index contributed by atoms with van der Waals surface area (Å²) < 4.78 is 1.28. The minimum absolute atomic E-state index is 0.771. The molecule has 2 heteroatoms. The molecule has 1 aromatic heterocycles. The van der Waals surface area contributed by atoms with Crippen LogP contribution in [0.5, 0.6) is 0 Å². The van der Waals surface area contributed by atoms with Crippen LogP contribution in [0.25, 0.3) is 10.9 Å². The highest BCUT2D eigenvalue weighted by Crippen LogP contribution is 2.45. The summed E-state index contributed by atoms with van der Waals surface area (Å²) in [5, 5.41) is 1.33. The van der Waals surface area contributed by atoms with Gasteiger partial charge in [0, 0.05) is 27.0 Å². The molecule has 1 aromatic carbocycles. The number of H-pyrrole nitrogens is 1. The first-order chi connectivity index (χ1) is 7.16. The number of aromatic nitrogens is 1. The van der Waals surface area contributed by atoms with Gasteiger partial charge in [0.15, 0.2) is 0 Å². The zero-order chi connectivity index (χ0) is 10.6. The van der Waals surface area contributed by atoms with Gasteiger partial charge in [0.1, 0.15) is 0 Å². The van der Waals surface area contributed by atoms with Gasteiger partial charge in [0.05, 0.1) is 0 Å². The molecule has 0 saturated heterocycles. The maximum Gasteiger partial charge on any atom is 0.0470 e. The van der Waals surface area contributed by atoms with Gasteiger partial charge in [-0.05, 0) is 65.9 Å². The summed E-state index contributed by atoms with van der Waals surface area (Å²) >= 11 is 3.72. The SMILES string of the molecule is Cc1cc2[nH]c(C3CC3)c(Br)c2cc1C. The molecule has 1 saturated carbocycles. The summed E-state index contributed by atoms with van der Waals surface area (Å²) in [6.07, 6.45) is 2.67. The van der Waals surface area contributed by atoms with E-state index in [1.165, 1.54) is 45.0 Å². The second-order valence-electron chi connectivity index (χ2n) is 4.61. The molecule has 1 aliphatic rings. The van der Waals surface area contributed by atoms with Gasteiger partial charge < -0.3 is 4.98 Å². The van der Waals surface area contributed by atoms with Crippen molar-refractivity contribution in [1.82, 2.24) is 4.98 Å². The molecule has 2 aromatic rings. The highest BCUT2D eigenvalue weighted by molar-refractivity contribution is 9.10. The van der Waals surface area contributed by atoms with E-state index in [4.69, 9.17) is 0 Å². The fourth-order valence-corrected chi connectivity index (χ4v) is 2.85. The van der Waals surface area contributed by atoms with E-state index >= 15 is 0 Å². The molecule has 1 heterocycles. The molecule has 0 spiro atoms. The van der Waals surface area contributed by atoms with Crippen LogP contribution >= 0.6 is 15.9 Å². The third kappa shape index (κ3) is 1.43. The summed E-state index contributed by atoms with van der Waals surface area (Å²) in [6, 6.07) is 4.53. The molecule has 15 heavy (non-hydrogen) atoms. The van der Waals surface area contributed by atoms with Gasteiger partial charge in [0.2, 0.25) is 0 Å². The summed E-state index contributed by atoms with van der Waals surface area (Å²) in [6.45, 7) is 4.34. The van der Waals surface area contributed by atoms with Crippen LogP contribution in [0.1, 0.15) is 35.6 Å². The highest BCUT2D eigenvalue weighted by Gasteiger charge is 2.28. The van der Waals surface area contributed by atoms with E-state index in [0.29, 0.717) is 0 Å². The van der Waals surface area contributed by atoms with Crippen LogP contribution in [-0.4, -0.2) is 4.98 Å². The largest absolute Gasteiger partial charge is 0.357 e. The Hall–Kier alpha value is -0.760. The van der Waals surface area contributed by atoms with Gasteiger partial charge in [-0.25, -0.2) is 0 Å². The van der Waals surface area contributed by atoms with Crippen molar-refractivity contribution < 1.29 is 0 Å². The molecule has 1 N–H and O–H groups in total. The fourth-order valence-electron chi connectivity index (χ4n) is 2.10. The molecule has 1 fully saturated rings. The Labute approximate surface area is 98.0 Å². The van der Waals surface area contributed by atoms with Crippen LogP contribution in [0.4, 0.5) is 0 Å². The predicted molar refractivity (Wildman–Crippen MR) is 67.4 cm³/mol. The molecule has 78 valence electrons. The molecule has 0 bridgehead atoms. The van der Waals surface area contributed by atoms with Crippen LogP contribution in [0, 0.1) is 13.8 Å². The molecule has 1 aliphatic carbocycles. The van der Waals surface area contributed by atoms with E-state index in [1.807, 2.05) is 0 Å². The Balaban J connectivity index is 2.30. The van der Waals surface area contributed by atoms with Gasteiger partial charge in [-0.2, -0.15) is 0 Å². The van der Waals surface area contributed by atoms with E-state index in [9.17, 15) is 0 Å². The average molecular weight is 264 g/mol. The Bertz CT molecular complexity index is 535. The molecule has 1 nitrogen and oxygen atoms in total.